The summed E-state index contributed by atoms with van der Waals surface area (Å²) in [4.78, 5) is 0.307. The Morgan fingerprint density at radius 3 is 1.60 bits per heavy atom. The molecule has 0 saturated heterocycles. The van der Waals surface area contributed by atoms with Crippen LogP contribution in [0.1, 0.15) is 82.7 Å². The van der Waals surface area contributed by atoms with Crippen molar-refractivity contribution in [2.75, 3.05) is 6.26 Å². The second-order valence-electron chi connectivity index (χ2n) is 11.3. The first-order valence-electron chi connectivity index (χ1n) is 12.1. The molecule has 0 aliphatic heterocycles. The summed E-state index contributed by atoms with van der Waals surface area (Å²) in [6.07, 6.45) is 2.00. The molecule has 4 heteroatoms. The minimum Gasteiger partial charge on any atom is -0.507 e. The van der Waals surface area contributed by atoms with Gasteiger partial charge in [-0.25, -0.2) is 8.42 Å². The van der Waals surface area contributed by atoms with Crippen LogP contribution in [0.2, 0.25) is 0 Å². The van der Waals surface area contributed by atoms with E-state index in [0.717, 1.165) is 45.4 Å². The van der Waals surface area contributed by atoms with Gasteiger partial charge < -0.3 is 5.11 Å². The van der Waals surface area contributed by atoms with Crippen molar-refractivity contribution in [1.29, 1.82) is 0 Å². The van der Waals surface area contributed by atoms with Crippen molar-refractivity contribution in [2.45, 2.75) is 70.6 Å². The van der Waals surface area contributed by atoms with Crippen LogP contribution >= 0.6 is 0 Å². The quantitative estimate of drug-likeness (QED) is 0.372. The van der Waals surface area contributed by atoms with Gasteiger partial charge in [-0.15, -0.1) is 0 Å². The van der Waals surface area contributed by atoms with E-state index < -0.39 is 9.84 Å². The molecule has 0 bridgehead atoms. The molecule has 0 saturated carbocycles. The third-order valence-electron chi connectivity index (χ3n) is 6.36. The van der Waals surface area contributed by atoms with E-state index in [0.29, 0.717) is 10.6 Å². The third-order valence-corrected chi connectivity index (χ3v) is 7.49. The highest BCUT2D eigenvalue weighted by atomic mass is 32.2. The maximum absolute atomic E-state index is 12.1. The standard InChI is InChI=1S/C31H38O3S/c1-9-25(23-19-26(30(2,3)4)29(32)27(20-23)31(5,6)7)28(21-13-11-10-12-14-21)22-15-17-24(18-16-22)35(8,33)34/h10-20,32H,9H2,1-8H3/b28-25-. The summed E-state index contributed by atoms with van der Waals surface area (Å²) in [6.45, 7) is 14.9. The predicted molar refractivity (Wildman–Crippen MR) is 148 cm³/mol. The van der Waals surface area contributed by atoms with E-state index in [1.54, 1.807) is 12.1 Å². The number of hydrogen-bond donors (Lipinski definition) is 1. The molecule has 3 rings (SSSR count). The highest BCUT2D eigenvalue weighted by Crippen LogP contribution is 2.43. The SMILES string of the molecule is CC/C(=C(\c1ccccc1)c1ccc(S(C)(=O)=O)cc1)c1cc(C(C)(C)C)c(O)c(C(C)(C)C)c1. The summed E-state index contributed by atoms with van der Waals surface area (Å²) >= 11 is 0. The minimum absolute atomic E-state index is 0.233. The van der Waals surface area contributed by atoms with Gasteiger partial charge in [0.05, 0.1) is 4.90 Å². The monoisotopic (exact) mass is 490 g/mol. The summed E-state index contributed by atoms with van der Waals surface area (Å²) in [5.74, 6) is 0.364. The fourth-order valence-electron chi connectivity index (χ4n) is 4.47. The van der Waals surface area contributed by atoms with Gasteiger partial charge in [-0.3, -0.25) is 0 Å². The van der Waals surface area contributed by atoms with Crippen molar-refractivity contribution in [3.05, 3.63) is 94.5 Å². The highest BCUT2D eigenvalue weighted by molar-refractivity contribution is 7.90. The van der Waals surface area contributed by atoms with Gasteiger partial charge in [-0.1, -0.05) is 90.9 Å². The number of benzene rings is 3. The van der Waals surface area contributed by atoms with Crippen LogP contribution < -0.4 is 0 Å². The number of phenols is 1. The van der Waals surface area contributed by atoms with Crippen LogP contribution in [0.15, 0.2) is 71.6 Å². The molecule has 0 spiro atoms. The van der Waals surface area contributed by atoms with Gasteiger partial charge in [0.2, 0.25) is 0 Å². The van der Waals surface area contributed by atoms with Crippen molar-refractivity contribution in [2.24, 2.45) is 0 Å². The second kappa shape index (κ2) is 9.66. The van der Waals surface area contributed by atoms with E-state index in [4.69, 9.17) is 0 Å². The number of hydrogen-bond acceptors (Lipinski definition) is 3. The van der Waals surface area contributed by atoms with Gasteiger partial charge in [-0.2, -0.15) is 0 Å². The molecular formula is C31H38O3S. The Bertz CT molecular complexity index is 1300. The predicted octanol–water partition coefficient (Wildman–Crippen LogP) is 7.76. The molecule has 35 heavy (non-hydrogen) atoms. The molecule has 0 aromatic heterocycles. The van der Waals surface area contributed by atoms with Crippen LogP contribution in [0.25, 0.3) is 11.1 Å². The van der Waals surface area contributed by atoms with E-state index in [1.165, 1.54) is 6.26 Å². The van der Waals surface area contributed by atoms with Gasteiger partial charge in [0.25, 0.3) is 0 Å². The number of allylic oxidation sites excluding steroid dienone is 1. The maximum Gasteiger partial charge on any atom is 0.175 e. The van der Waals surface area contributed by atoms with E-state index >= 15 is 0 Å². The van der Waals surface area contributed by atoms with Crippen LogP contribution in [-0.2, 0) is 20.7 Å². The smallest absolute Gasteiger partial charge is 0.175 e. The van der Waals surface area contributed by atoms with Crippen LogP contribution in [0.3, 0.4) is 0 Å². The van der Waals surface area contributed by atoms with Gasteiger partial charge in [0.1, 0.15) is 5.75 Å². The molecule has 0 aliphatic carbocycles. The normalized spacial score (nSPS) is 13.5. The maximum atomic E-state index is 12.1. The molecule has 1 N–H and O–H groups in total. The third kappa shape index (κ3) is 5.87. The van der Waals surface area contributed by atoms with Gasteiger partial charge in [0.15, 0.2) is 9.84 Å². The molecule has 0 radical (unpaired) electrons. The van der Waals surface area contributed by atoms with Crippen molar-refractivity contribution < 1.29 is 13.5 Å². The number of aromatic hydroxyl groups is 1. The summed E-state index contributed by atoms with van der Waals surface area (Å²) in [5, 5.41) is 11.2. The van der Waals surface area contributed by atoms with E-state index in [-0.39, 0.29) is 10.8 Å². The fraction of sp³-hybridized carbons (Fsp3) is 0.355. The summed E-state index contributed by atoms with van der Waals surface area (Å²) < 4.78 is 24.1. The number of sulfone groups is 1. The summed E-state index contributed by atoms with van der Waals surface area (Å²) in [6, 6.07) is 21.6. The van der Waals surface area contributed by atoms with E-state index in [2.05, 4.69) is 72.7 Å². The van der Waals surface area contributed by atoms with E-state index in [9.17, 15) is 13.5 Å². The van der Waals surface area contributed by atoms with Crippen LogP contribution in [-0.4, -0.2) is 19.8 Å². The molecule has 3 aromatic rings. The zero-order valence-corrected chi connectivity index (χ0v) is 23.0. The Morgan fingerprint density at radius 2 is 1.20 bits per heavy atom. The largest absolute Gasteiger partial charge is 0.507 e. The lowest BCUT2D eigenvalue weighted by Crippen LogP contribution is -2.18. The minimum atomic E-state index is -3.28. The molecular weight excluding hydrogens is 452 g/mol. The summed E-state index contributed by atoms with van der Waals surface area (Å²) in [7, 11) is -3.28. The number of rotatable bonds is 5. The highest BCUT2D eigenvalue weighted by Gasteiger charge is 2.27. The van der Waals surface area contributed by atoms with Crippen LogP contribution in [0.4, 0.5) is 0 Å². The van der Waals surface area contributed by atoms with Crippen molar-refractivity contribution in [3.8, 4) is 5.75 Å². The average Bonchev–Trinajstić information content (AvgIpc) is 2.76. The Kier molecular flexibility index (Phi) is 7.38. The van der Waals surface area contributed by atoms with Gasteiger partial charge in [0, 0.05) is 17.4 Å². The molecule has 0 aliphatic rings. The summed E-state index contributed by atoms with van der Waals surface area (Å²) in [5.41, 5.74) is 6.70. The van der Waals surface area contributed by atoms with Crippen molar-refractivity contribution in [3.63, 3.8) is 0 Å². The van der Waals surface area contributed by atoms with Gasteiger partial charge in [-0.05, 0) is 69.4 Å². The fourth-order valence-corrected chi connectivity index (χ4v) is 5.10. The lowest BCUT2D eigenvalue weighted by Gasteiger charge is -2.29. The topological polar surface area (TPSA) is 54.4 Å². The Morgan fingerprint density at radius 1 is 0.743 bits per heavy atom. The van der Waals surface area contributed by atoms with Crippen LogP contribution in [0.5, 0.6) is 5.75 Å². The van der Waals surface area contributed by atoms with Crippen molar-refractivity contribution >= 4 is 21.0 Å². The molecule has 3 nitrogen and oxygen atoms in total. The number of phenolic OH excluding ortho intramolecular Hbond substituents is 1. The first-order valence-corrected chi connectivity index (χ1v) is 14.0. The molecule has 0 amide bonds. The molecule has 0 atom stereocenters. The zero-order chi connectivity index (χ0) is 26.2. The van der Waals surface area contributed by atoms with Crippen LogP contribution in [0, 0.1) is 0 Å². The lowest BCUT2D eigenvalue weighted by atomic mass is 9.76. The average molecular weight is 491 g/mol. The molecule has 186 valence electrons. The lowest BCUT2D eigenvalue weighted by molar-refractivity contribution is 0.423. The molecule has 0 unspecified atom stereocenters. The Hall–Kier alpha value is -2.85. The first kappa shape index (κ1) is 26.7. The molecule has 0 fully saturated rings. The zero-order valence-electron chi connectivity index (χ0n) is 22.2. The van der Waals surface area contributed by atoms with Crippen molar-refractivity contribution in [1.82, 2.24) is 0 Å². The molecule has 3 aromatic carbocycles. The first-order chi connectivity index (χ1) is 16.1. The second-order valence-corrected chi connectivity index (χ2v) is 13.3. The van der Waals surface area contributed by atoms with E-state index in [1.807, 2.05) is 30.3 Å². The van der Waals surface area contributed by atoms with Gasteiger partial charge >= 0.3 is 0 Å². The Balaban J connectivity index is 2.42. The molecule has 0 heterocycles. The Labute approximate surface area is 211 Å².